The lowest BCUT2D eigenvalue weighted by Gasteiger charge is -2.08. The van der Waals surface area contributed by atoms with Crippen molar-refractivity contribution in [2.24, 2.45) is 0 Å². The Bertz CT molecular complexity index is 587. The molecule has 1 aromatic carbocycles. The highest BCUT2D eigenvalue weighted by Crippen LogP contribution is 2.20. The summed E-state index contributed by atoms with van der Waals surface area (Å²) >= 11 is 0. The summed E-state index contributed by atoms with van der Waals surface area (Å²) in [7, 11) is 0. The number of hydrogen-bond acceptors (Lipinski definition) is 3. The number of benzene rings is 1. The van der Waals surface area contributed by atoms with Crippen molar-refractivity contribution in [3.05, 3.63) is 53.6 Å². The van der Waals surface area contributed by atoms with Gasteiger partial charge in [0, 0.05) is 11.9 Å². The smallest absolute Gasteiger partial charge is 0.128 e. The lowest BCUT2D eigenvalue weighted by Crippen LogP contribution is -1.95. The minimum Gasteiger partial charge on any atom is -0.353 e. The molecule has 2 aromatic rings. The predicted molar refractivity (Wildman–Crippen MR) is 63.4 cm³/mol. The molecule has 3 nitrogen and oxygen atoms in total. The van der Waals surface area contributed by atoms with E-state index in [1.54, 1.807) is 31.3 Å². The molecule has 1 N–H and O–H groups in total. The summed E-state index contributed by atoms with van der Waals surface area (Å²) in [5.41, 5.74) is 2.22. The van der Waals surface area contributed by atoms with Crippen molar-refractivity contribution in [2.75, 3.05) is 5.32 Å². The topological polar surface area (TPSA) is 48.7 Å². The average molecular weight is 227 g/mol. The fraction of sp³-hybridized carbons (Fsp3) is 0.0769. The molecule has 84 valence electrons. The van der Waals surface area contributed by atoms with Crippen molar-refractivity contribution in [1.29, 1.82) is 5.26 Å². The monoisotopic (exact) mass is 227 g/mol. The zero-order valence-corrected chi connectivity index (χ0v) is 9.24. The van der Waals surface area contributed by atoms with E-state index in [1.165, 1.54) is 12.3 Å². The summed E-state index contributed by atoms with van der Waals surface area (Å²) in [5, 5.41) is 11.9. The third kappa shape index (κ3) is 2.40. The van der Waals surface area contributed by atoms with Crippen LogP contribution in [-0.4, -0.2) is 4.98 Å². The second-order valence-corrected chi connectivity index (χ2v) is 3.62. The number of nitrogens with zero attached hydrogens (tertiary/aromatic N) is 2. The van der Waals surface area contributed by atoms with Gasteiger partial charge in [-0.2, -0.15) is 5.26 Å². The van der Waals surface area contributed by atoms with Gasteiger partial charge in [0.15, 0.2) is 0 Å². The SMILES string of the molecule is Cc1ccc(Nc2cnccc2C#N)cc1F. The summed E-state index contributed by atoms with van der Waals surface area (Å²) in [5.74, 6) is -0.280. The molecule has 0 aliphatic rings. The minimum absolute atomic E-state index is 0.280. The van der Waals surface area contributed by atoms with Crippen LogP contribution in [0, 0.1) is 24.1 Å². The van der Waals surface area contributed by atoms with Crippen LogP contribution in [0.2, 0.25) is 0 Å². The van der Waals surface area contributed by atoms with Crippen LogP contribution >= 0.6 is 0 Å². The molecule has 0 radical (unpaired) electrons. The Balaban J connectivity index is 2.32. The Labute approximate surface area is 98.5 Å². The van der Waals surface area contributed by atoms with E-state index in [9.17, 15) is 4.39 Å². The van der Waals surface area contributed by atoms with Gasteiger partial charge in [-0.15, -0.1) is 0 Å². The van der Waals surface area contributed by atoms with E-state index in [0.717, 1.165) is 0 Å². The summed E-state index contributed by atoms with van der Waals surface area (Å²) in [4.78, 5) is 3.92. The number of halogens is 1. The molecule has 0 amide bonds. The second-order valence-electron chi connectivity index (χ2n) is 3.62. The van der Waals surface area contributed by atoms with Crippen LogP contribution in [0.4, 0.5) is 15.8 Å². The Morgan fingerprint density at radius 3 is 2.88 bits per heavy atom. The first kappa shape index (κ1) is 11.1. The number of aryl methyl sites for hydroxylation is 1. The molecular weight excluding hydrogens is 217 g/mol. The molecule has 17 heavy (non-hydrogen) atoms. The Morgan fingerprint density at radius 2 is 2.18 bits per heavy atom. The highest BCUT2D eigenvalue weighted by molar-refractivity contribution is 5.65. The fourth-order valence-electron chi connectivity index (χ4n) is 1.42. The molecule has 0 atom stereocenters. The van der Waals surface area contributed by atoms with E-state index in [1.807, 2.05) is 6.07 Å². The highest BCUT2D eigenvalue weighted by atomic mass is 19.1. The summed E-state index contributed by atoms with van der Waals surface area (Å²) < 4.78 is 13.3. The van der Waals surface area contributed by atoms with Gasteiger partial charge < -0.3 is 5.32 Å². The zero-order chi connectivity index (χ0) is 12.3. The van der Waals surface area contributed by atoms with Crippen LogP contribution in [0.1, 0.15) is 11.1 Å². The fourth-order valence-corrected chi connectivity index (χ4v) is 1.42. The molecule has 0 unspecified atom stereocenters. The van der Waals surface area contributed by atoms with E-state index < -0.39 is 0 Å². The van der Waals surface area contributed by atoms with Crippen molar-refractivity contribution in [2.45, 2.75) is 6.92 Å². The van der Waals surface area contributed by atoms with Gasteiger partial charge in [0.2, 0.25) is 0 Å². The standard InChI is InChI=1S/C13H10FN3/c1-9-2-3-11(6-12(9)14)17-13-8-16-5-4-10(13)7-15/h2-6,8,17H,1H3. The summed E-state index contributed by atoms with van der Waals surface area (Å²) in [6, 6.07) is 8.48. The van der Waals surface area contributed by atoms with E-state index >= 15 is 0 Å². The van der Waals surface area contributed by atoms with Crippen molar-refractivity contribution in [3.8, 4) is 6.07 Å². The van der Waals surface area contributed by atoms with Crippen LogP contribution in [0.5, 0.6) is 0 Å². The first-order valence-corrected chi connectivity index (χ1v) is 5.08. The van der Waals surface area contributed by atoms with Crippen LogP contribution < -0.4 is 5.32 Å². The van der Waals surface area contributed by atoms with Gasteiger partial charge in [-0.05, 0) is 30.7 Å². The predicted octanol–water partition coefficient (Wildman–Crippen LogP) is 3.14. The third-order valence-corrected chi connectivity index (χ3v) is 2.39. The van der Waals surface area contributed by atoms with E-state index in [4.69, 9.17) is 5.26 Å². The summed E-state index contributed by atoms with van der Waals surface area (Å²) in [6.45, 7) is 1.70. The van der Waals surface area contributed by atoms with Crippen LogP contribution in [0.15, 0.2) is 36.7 Å². The number of nitrogens with one attached hydrogen (secondary N) is 1. The van der Waals surface area contributed by atoms with E-state index in [-0.39, 0.29) is 5.82 Å². The first-order valence-electron chi connectivity index (χ1n) is 5.08. The van der Waals surface area contributed by atoms with Gasteiger partial charge in [-0.3, -0.25) is 4.98 Å². The molecule has 0 bridgehead atoms. The van der Waals surface area contributed by atoms with Crippen LogP contribution in [0.25, 0.3) is 0 Å². The van der Waals surface area contributed by atoms with E-state index in [2.05, 4.69) is 10.3 Å². The second kappa shape index (κ2) is 4.62. The lowest BCUT2D eigenvalue weighted by molar-refractivity contribution is 0.619. The van der Waals surface area contributed by atoms with Gasteiger partial charge in [0.1, 0.15) is 11.9 Å². The van der Waals surface area contributed by atoms with E-state index in [0.29, 0.717) is 22.5 Å². The zero-order valence-electron chi connectivity index (χ0n) is 9.24. The Kier molecular flexibility index (Phi) is 3.01. The van der Waals surface area contributed by atoms with Crippen LogP contribution in [0.3, 0.4) is 0 Å². The van der Waals surface area contributed by atoms with Crippen LogP contribution in [-0.2, 0) is 0 Å². The number of nitriles is 1. The Hall–Kier alpha value is -2.41. The van der Waals surface area contributed by atoms with Gasteiger partial charge in [0.05, 0.1) is 17.4 Å². The number of aromatic nitrogens is 1. The Morgan fingerprint density at radius 1 is 1.35 bits per heavy atom. The minimum atomic E-state index is -0.280. The maximum absolute atomic E-state index is 13.3. The molecule has 0 saturated carbocycles. The molecular formula is C13H10FN3. The molecule has 0 saturated heterocycles. The number of rotatable bonds is 2. The number of pyridine rings is 1. The normalized spacial score (nSPS) is 9.71. The van der Waals surface area contributed by atoms with Gasteiger partial charge in [0.25, 0.3) is 0 Å². The maximum Gasteiger partial charge on any atom is 0.128 e. The van der Waals surface area contributed by atoms with Gasteiger partial charge >= 0.3 is 0 Å². The molecule has 0 spiro atoms. The molecule has 4 heteroatoms. The van der Waals surface area contributed by atoms with Crippen molar-refractivity contribution >= 4 is 11.4 Å². The van der Waals surface area contributed by atoms with Crippen molar-refractivity contribution in [3.63, 3.8) is 0 Å². The molecule has 0 aliphatic heterocycles. The van der Waals surface area contributed by atoms with Crippen molar-refractivity contribution < 1.29 is 4.39 Å². The molecule has 1 aromatic heterocycles. The quantitative estimate of drug-likeness (QED) is 0.857. The number of anilines is 2. The molecule has 0 fully saturated rings. The highest BCUT2D eigenvalue weighted by Gasteiger charge is 2.03. The average Bonchev–Trinajstić information content (AvgIpc) is 2.34. The van der Waals surface area contributed by atoms with Crippen molar-refractivity contribution in [1.82, 2.24) is 4.98 Å². The largest absolute Gasteiger partial charge is 0.353 e. The maximum atomic E-state index is 13.3. The van der Waals surface area contributed by atoms with Gasteiger partial charge in [-0.1, -0.05) is 6.07 Å². The lowest BCUT2D eigenvalue weighted by atomic mass is 10.2. The number of hydrogen-bond donors (Lipinski definition) is 1. The summed E-state index contributed by atoms with van der Waals surface area (Å²) in [6.07, 6.45) is 3.08. The molecule has 0 aliphatic carbocycles. The molecule has 2 rings (SSSR count). The first-order chi connectivity index (χ1) is 8.20. The van der Waals surface area contributed by atoms with Gasteiger partial charge in [-0.25, -0.2) is 4.39 Å². The third-order valence-electron chi connectivity index (χ3n) is 2.39. The molecule has 1 heterocycles.